The van der Waals surface area contributed by atoms with Crippen LogP contribution < -0.4 is 5.32 Å². The predicted molar refractivity (Wildman–Crippen MR) is 99.3 cm³/mol. The number of rotatable bonds is 1. The normalized spacial score (nSPS) is 11.7. The lowest BCUT2D eigenvalue weighted by Gasteiger charge is -2.07. The van der Waals surface area contributed by atoms with Gasteiger partial charge >= 0.3 is 0 Å². The van der Waals surface area contributed by atoms with E-state index in [0.29, 0.717) is 5.82 Å². The summed E-state index contributed by atoms with van der Waals surface area (Å²) in [5.41, 5.74) is 5.36. The number of nitrogens with one attached hydrogen (secondary N) is 2. The molecule has 0 aliphatic carbocycles. The second kappa shape index (κ2) is 5.49. The standard InChI is InChI=1S/C18H11BrN6/c19-14-5-1-4-12(22-14)18-24-15-10-6-8-20-9-13(10)23-17-11(16(15)25-18)3-2-7-21-17/h1-9H,(H,21,23)(H,24,25). The summed E-state index contributed by atoms with van der Waals surface area (Å²) in [6.07, 6.45) is 5.32. The topological polar surface area (TPSA) is 79.4 Å². The van der Waals surface area contributed by atoms with Crippen molar-refractivity contribution in [3.8, 4) is 34.0 Å². The molecule has 25 heavy (non-hydrogen) atoms. The minimum absolute atomic E-state index is 0.714. The molecule has 7 heteroatoms. The largest absolute Gasteiger partial charge is 0.338 e. The Morgan fingerprint density at radius 1 is 0.920 bits per heavy atom. The van der Waals surface area contributed by atoms with Gasteiger partial charge in [0.2, 0.25) is 0 Å². The number of halogens is 1. The van der Waals surface area contributed by atoms with E-state index in [1.165, 1.54) is 0 Å². The van der Waals surface area contributed by atoms with Crippen LogP contribution in [0.2, 0.25) is 0 Å². The van der Waals surface area contributed by atoms with Crippen molar-refractivity contribution < 1.29 is 0 Å². The van der Waals surface area contributed by atoms with E-state index < -0.39 is 0 Å². The summed E-state index contributed by atoms with van der Waals surface area (Å²) < 4.78 is 0.768. The number of aromatic amines is 1. The lowest BCUT2D eigenvalue weighted by atomic mass is 10.1. The van der Waals surface area contributed by atoms with Crippen LogP contribution in [0.1, 0.15) is 0 Å². The van der Waals surface area contributed by atoms with E-state index in [4.69, 9.17) is 4.98 Å². The van der Waals surface area contributed by atoms with Gasteiger partial charge in [0.1, 0.15) is 21.8 Å². The Labute approximate surface area is 151 Å². The molecule has 0 spiro atoms. The highest BCUT2D eigenvalue weighted by molar-refractivity contribution is 9.10. The van der Waals surface area contributed by atoms with Crippen LogP contribution in [0.15, 0.2) is 59.6 Å². The van der Waals surface area contributed by atoms with Crippen molar-refractivity contribution in [3.63, 3.8) is 0 Å². The molecule has 0 amide bonds. The van der Waals surface area contributed by atoms with Crippen LogP contribution in [-0.4, -0.2) is 24.9 Å². The van der Waals surface area contributed by atoms with Crippen molar-refractivity contribution in [2.45, 2.75) is 0 Å². The number of nitrogens with zero attached hydrogens (tertiary/aromatic N) is 4. The fraction of sp³-hybridized carbons (Fsp3) is 0. The molecule has 0 fully saturated rings. The molecule has 4 aromatic heterocycles. The third-order valence-electron chi connectivity index (χ3n) is 4.07. The zero-order chi connectivity index (χ0) is 16.8. The summed E-state index contributed by atoms with van der Waals surface area (Å²) in [6, 6.07) is 11.6. The highest BCUT2D eigenvalue weighted by atomic mass is 79.9. The van der Waals surface area contributed by atoms with Crippen LogP contribution in [0.5, 0.6) is 0 Å². The first-order valence-electron chi connectivity index (χ1n) is 7.69. The number of H-pyrrole nitrogens is 1. The number of anilines is 2. The summed E-state index contributed by atoms with van der Waals surface area (Å²) in [6.45, 7) is 0. The first kappa shape index (κ1) is 14.3. The number of aromatic nitrogens is 5. The molecular weight excluding hydrogens is 380 g/mol. The Morgan fingerprint density at radius 3 is 2.80 bits per heavy atom. The molecule has 120 valence electrons. The second-order valence-electron chi connectivity index (χ2n) is 5.60. The van der Waals surface area contributed by atoms with E-state index in [2.05, 4.69) is 41.2 Å². The molecule has 5 rings (SSSR count). The van der Waals surface area contributed by atoms with E-state index in [9.17, 15) is 0 Å². The zero-order valence-corrected chi connectivity index (χ0v) is 14.4. The van der Waals surface area contributed by atoms with E-state index in [1.54, 1.807) is 18.6 Å². The van der Waals surface area contributed by atoms with Crippen LogP contribution in [0.4, 0.5) is 11.5 Å². The maximum Gasteiger partial charge on any atom is 0.157 e. The monoisotopic (exact) mass is 390 g/mol. The average Bonchev–Trinajstić information content (AvgIpc) is 3.03. The van der Waals surface area contributed by atoms with Crippen molar-refractivity contribution in [3.05, 3.63) is 59.6 Å². The fourth-order valence-corrected chi connectivity index (χ4v) is 3.30. The Kier molecular flexibility index (Phi) is 3.14. The molecule has 0 unspecified atom stereocenters. The van der Waals surface area contributed by atoms with Crippen molar-refractivity contribution in [1.29, 1.82) is 0 Å². The highest BCUT2D eigenvalue weighted by Crippen LogP contribution is 2.42. The molecule has 1 aliphatic heterocycles. The Hall–Kier alpha value is -3.06. The Morgan fingerprint density at radius 2 is 1.88 bits per heavy atom. The maximum atomic E-state index is 4.82. The highest BCUT2D eigenvalue weighted by Gasteiger charge is 2.24. The van der Waals surface area contributed by atoms with E-state index >= 15 is 0 Å². The van der Waals surface area contributed by atoms with E-state index in [-0.39, 0.29) is 0 Å². The number of fused-ring (bicyclic) bond motifs is 5. The van der Waals surface area contributed by atoms with Gasteiger partial charge in [-0.05, 0) is 46.3 Å². The minimum atomic E-state index is 0.714. The molecule has 1 aliphatic rings. The van der Waals surface area contributed by atoms with Gasteiger partial charge in [-0.1, -0.05) is 6.07 Å². The van der Waals surface area contributed by atoms with Crippen LogP contribution in [-0.2, 0) is 0 Å². The van der Waals surface area contributed by atoms with Gasteiger partial charge in [0.25, 0.3) is 0 Å². The molecule has 0 aromatic carbocycles. The summed E-state index contributed by atoms with van der Waals surface area (Å²) in [5.74, 6) is 1.47. The quantitative estimate of drug-likeness (QED) is 0.414. The van der Waals surface area contributed by atoms with Crippen LogP contribution in [0, 0.1) is 0 Å². The van der Waals surface area contributed by atoms with Gasteiger partial charge in [0, 0.05) is 23.5 Å². The van der Waals surface area contributed by atoms with Crippen molar-refractivity contribution >= 4 is 27.4 Å². The molecule has 0 radical (unpaired) electrons. The summed E-state index contributed by atoms with van der Waals surface area (Å²) in [4.78, 5) is 21.4. The molecule has 4 aromatic rings. The van der Waals surface area contributed by atoms with E-state index in [0.717, 1.165) is 44.3 Å². The third kappa shape index (κ3) is 2.32. The SMILES string of the molecule is Brc1cccc(-c2nc3c([nH]2)-c2ccncc2Nc2ncccc2-3)n1. The second-order valence-corrected chi connectivity index (χ2v) is 6.41. The van der Waals surface area contributed by atoms with Gasteiger partial charge in [0.15, 0.2) is 5.82 Å². The molecule has 5 heterocycles. The summed E-state index contributed by atoms with van der Waals surface area (Å²) in [7, 11) is 0. The van der Waals surface area contributed by atoms with Crippen molar-refractivity contribution in [1.82, 2.24) is 24.9 Å². The Balaban J connectivity index is 1.80. The van der Waals surface area contributed by atoms with Gasteiger partial charge < -0.3 is 10.3 Å². The predicted octanol–water partition coefficient (Wildman–Crippen LogP) is 4.42. The number of hydrogen-bond acceptors (Lipinski definition) is 5. The molecule has 0 bridgehead atoms. The van der Waals surface area contributed by atoms with Gasteiger partial charge in [-0.2, -0.15) is 0 Å². The van der Waals surface area contributed by atoms with Crippen LogP contribution in [0.3, 0.4) is 0 Å². The third-order valence-corrected chi connectivity index (χ3v) is 4.51. The molecule has 0 atom stereocenters. The van der Waals surface area contributed by atoms with Crippen LogP contribution in [0.25, 0.3) is 34.0 Å². The van der Waals surface area contributed by atoms with Gasteiger partial charge in [-0.15, -0.1) is 0 Å². The number of imidazole rings is 1. The molecule has 0 saturated heterocycles. The van der Waals surface area contributed by atoms with Gasteiger partial charge in [-0.3, -0.25) is 4.98 Å². The Bertz CT molecular complexity index is 1040. The molecule has 6 nitrogen and oxygen atoms in total. The zero-order valence-electron chi connectivity index (χ0n) is 12.9. The minimum Gasteiger partial charge on any atom is -0.338 e. The van der Waals surface area contributed by atoms with Crippen LogP contribution >= 0.6 is 15.9 Å². The van der Waals surface area contributed by atoms with Gasteiger partial charge in [-0.25, -0.2) is 15.0 Å². The summed E-state index contributed by atoms with van der Waals surface area (Å²) in [5, 5.41) is 3.35. The number of pyridine rings is 3. The lowest BCUT2D eigenvalue weighted by Crippen LogP contribution is -1.96. The van der Waals surface area contributed by atoms with Crippen molar-refractivity contribution in [2.75, 3.05) is 5.32 Å². The fourth-order valence-electron chi connectivity index (χ4n) is 2.96. The maximum absolute atomic E-state index is 4.82. The average molecular weight is 391 g/mol. The van der Waals surface area contributed by atoms with Gasteiger partial charge in [0.05, 0.1) is 17.6 Å². The first-order chi connectivity index (χ1) is 12.3. The van der Waals surface area contributed by atoms with E-state index in [1.807, 2.05) is 36.4 Å². The molecule has 0 saturated carbocycles. The summed E-state index contributed by atoms with van der Waals surface area (Å²) >= 11 is 3.41. The molecule has 2 N–H and O–H groups in total. The first-order valence-corrected chi connectivity index (χ1v) is 8.48. The number of hydrogen-bond donors (Lipinski definition) is 2. The van der Waals surface area contributed by atoms with Crippen molar-refractivity contribution in [2.24, 2.45) is 0 Å². The smallest absolute Gasteiger partial charge is 0.157 e. The molecular formula is C18H11BrN6. The lowest BCUT2D eigenvalue weighted by molar-refractivity contribution is 1.20.